The van der Waals surface area contributed by atoms with Crippen LogP contribution in [0.4, 0.5) is 5.69 Å². The number of nitrogens with zero attached hydrogens (tertiary/aromatic N) is 2. The fourth-order valence-electron chi connectivity index (χ4n) is 1.39. The molecule has 0 N–H and O–H groups in total. The number of aromatic nitrogens is 1. The maximum Gasteiger partial charge on any atom is 0.355 e. The molecular weight excluding hydrogens is 224 g/mol. The Hall–Kier alpha value is -1.85. The number of rotatable bonds is 5. The highest BCUT2D eigenvalue weighted by Gasteiger charge is 2.30. The molecule has 6 heteroatoms. The Morgan fingerprint density at radius 3 is 2.59 bits per heavy atom. The van der Waals surface area contributed by atoms with Crippen molar-refractivity contribution in [2.45, 2.75) is 38.9 Å². The summed E-state index contributed by atoms with van der Waals surface area (Å²) in [4.78, 5) is 14.5. The summed E-state index contributed by atoms with van der Waals surface area (Å²) in [5, 5.41) is 11.0. The van der Waals surface area contributed by atoms with Crippen LogP contribution in [0.1, 0.15) is 26.7 Å². The first-order chi connectivity index (χ1) is 8.08. The average Bonchev–Trinajstić information content (AvgIpc) is 3.00. The molecule has 0 unspecified atom stereocenters. The molecule has 1 heterocycles. The van der Waals surface area contributed by atoms with Gasteiger partial charge >= 0.3 is 5.69 Å². The molecule has 1 aliphatic carbocycles. The minimum atomic E-state index is -0.489. The average molecular weight is 238 g/mol. The zero-order valence-corrected chi connectivity index (χ0v) is 9.75. The molecule has 0 aromatic carbocycles. The molecule has 6 nitrogen and oxygen atoms in total. The molecule has 1 fully saturated rings. The quantitative estimate of drug-likeness (QED) is 0.581. The van der Waals surface area contributed by atoms with E-state index in [0.717, 1.165) is 12.8 Å². The monoisotopic (exact) mass is 238 g/mol. The first-order valence-corrected chi connectivity index (χ1v) is 5.53. The summed E-state index contributed by atoms with van der Waals surface area (Å²) < 4.78 is 10.8. The summed E-state index contributed by atoms with van der Waals surface area (Å²) in [6.07, 6.45) is 4.52. The highest BCUT2D eigenvalue weighted by atomic mass is 16.6. The van der Waals surface area contributed by atoms with E-state index >= 15 is 0 Å². The number of pyridine rings is 1. The Morgan fingerprint density at radius 2 is 2.06 bits per heavy atom. The summed E-state index contributed by atoms with van der Waals surface area (Å²) in [5.74, 6) is 0.346. The Bertz CT molecular complexity index is 407. The minimum absolute atomic E-state index is 0.0878. The van der Waals surface area contributed by atoms with Gasteiger partial charge in [-0.15, -0.1) is 0 Å². The van der Waals surface area contributed by atoms with Gasteiger partial charge in [-0.05, 0) is 26.7 Å². The summed E-state index contributed by atoms with van der Waals surface area (Å²) in [7, 11) is 0. The van der Waals surface area contributed by atoms with Gasteiger partial charge in [0.15, 0.2) is 0 Å². The molecule has 1 aliphatic rings. The molecule has 0 atom stereocenters. The maximum absolute atomic E-state index is 11.0. The van der Waals surface area contributed by atoms with Gasteiger partial charge in [0.05, 0.1) is 29.5 Å². The third-order valence-corrected chi connectivity index (χ3v) is 2.21. The first-order valence-electron chi connectivity index (χ1n) is 5.53. The normalized spacial score (nSPS) is 14.8. The smallest absolute Gasteiger partial charge is 0.355 e. The van der Waals surface area contributed by atoms with Crippen molar-refractivity contribution < 1.29 is 14.4 Å². The van der Waals surface area contributed by atoms with Gasteiger partial charge in [0.25, 0.3) is 0 Å². The second-order valence-electron chi connectivity index (χ2n) is 4.23. The number of hydrogen-bond donors (Lipinski definition) is 0. The lowest BCUT2D eigenvalue weighted by Gasteiger charge is -2.11. The Labute approximate surface area is 98.7 Å². The van der Waals surface area contributed by atoms with Crippen molar-refractivity contribution in [3.63, 3.8) is 0 Å². The van der Waals surface area contributed by atoms with Gasteiger partial charge in [0.2, 0.25) is 11.5 Å². The molecule has 1 aromatic heterocycles. The van der Waals surface area contributed by atoms with Crippen molar-refractivity contribution in [3.8, 4) is 11.5 Å². The van der Waals surface area contributed by atoms with E-state index < -0.39 is 4.92 Å². The van der Waals surface area contributed by atoms with Crippen molar-refractivity contribution in [1.29, 1.82) is 0 Å². The molecule has 92 valence electrons. The zero-order valence-electron chi connectivity index (χ0n) is 9.75. The molecule has 1 saturated carbocycles. The van der Waals surface area contributed by atoms with Crippen molar-refractivity contribution in [3.05, 3.63) is 22.5 Å². The molecule has 17 heavy (non-hydrogen) atoms. The molecule has 0 radical (unpaired) electrons. The van der Waals surface area contributed by atoms with Crippen LogP contribution in [0, 0.1) is 10.1 Å². The molecule has 0 bridgehead atoms. The Balaban J connectivity index is 2.32. The maximum atomic E-state index is 11.0. The predicted molar refractivity (Wildman–Crippen MR) is 60.3 cm³/mol. The van der Waals surface area contributed by atoms with Gasteiger partial charge in [0, 0.05) is 0 Å². The topological polar surface area (TPSA) is 74.5 Å². The molecule has 0 saturated heterocycles. The van der Waals surface area contributed by atoms with Gasteiger partial charge in [-0.3, -0.25) is 15.1 Å². The van der Waals surface area contributed by atoms with Crippen LogP contribution >= 0.6 is 0 Å². The van der Waals surface area contributed by atoms with Crippen LogP contribution in [-0.4, -0.2) is 22.1 Å². The van der Waals surface area contributed by atoms with Crippen LogP contribution in [0.3, 0.4) is 0 Å². The van der Waals surface area contributed by atoms with Gasteiger partial charge in [-0.25, -0.2) is 0 Å². The van der Waals surface area contributed by atoms with E-state index in [2.05, 4.69) is 4.98 Å². The molecule has 0 amide bonds. The molecule has 1 aromatic rings. The summed E-state index contributed by atoms with van der Waals surface area (Å²) >= 11 is 0. The lowest BCUT2D eigenvalue weighted by Crippen LogP contribution is -2.09. The number of hydrogen-bond acceptors (Lipinski definition) is 5. The Kier molecular flexibility index (Phi) is 3.12. The SMILES string of the molecule is CC(C)Oc1cncc(OC2CC2)c1[N+](=O)[O-]. The Morgan fingerprint density at radius 1 is 1.41 bits per heavy atom. The van der Waals surface area contributed by atoms with Crippen molar-refractivity contribution in [2.24, 2.45) is 0 Å². The van der Waals surface area contributed by atoms with Crippen LogP contribution in [0.25, 0.3) is 0 Å². The second kappa shape index (κ2) is 4.57. The van der Waals surface area contributed by atoms with E-state index in [9.17, 15) is 10.1 Å². The van der Waals surface area contributed by atoms with E-state index in [0.29, 0.717) is 0 Å². The fourth-order valence-corrected chi connectivity index (χ4v) is 1.39. The first kappa shape index (κ1) is 11.6. The van der Waals surface area contributed by atoms with Gasteiger partial charge in [-0.2, -0.15) is 0 Å². The van der Waals surface area contributed by atoms with Crippen LogP contribution in [0.5, 0.6) is 11.5 Å². The van der Waals surface area contributed by atoms with Gasteiger partial charge in [0.1, 0.15) is 0 Å². The van der Waals surface area contributed by atoms with Crippen molar-refractivity contribution in [2.75, 3.05) is 0 Å². The molecular formula is C11H14N2O4. The highest BCUT2D eigenvalue weighted by Crippen LogP contribution is 2.39. The van der Waals surface area contributed by atoms with Crippen molar-refractivity contribution >= 4 is 5.69 Å². The summed E-state index contributed by atoms with van der Waals surface area (Å²) in [6, 6.07) is 0. The second-order valence-corrected chi connectivity index (χ2v) is 4.23. The van der Waals surface area contributed by atoms with E-state index in [4.69, 9.17) is 9.47 Å². The van der Waals surface area contributed by atoms with Gasteiger partial charge in [-0.1, -0.05) is 0 Å². The van der Waals surface area contributed by atoms with Crippen LogP contribution in [0.15, 0.2) is 12.4 Å². The third kappa shape index (κ3) is 2.83. The molecule has 2 rings (SSSR count). The van der Waals surface area contributed by atoms with Crippen molar-refractivity contribution in [1.82, 2.24) is 4.98 Å². The zero-order chi connectivity index (χ0) is 12.4. The molecule has 0 spiro atoms. The predicted octanol–water partition coefficient (Wildman–Crippen LogP) is 2.32. The van der Waals surface area contributed by atoms with E-state index in [1.54, 1.807) is 13.8 Å². The van der Waals surface area contributed by atoms with Gasteiger partial charge < -0.3 is 9.47 Å². The summed E-state index contributed by atoms with van der Waals surface area (Å²) in [6.45, 7) is 3.61. The minimum Gasteiger partial charge on any atom is -0.483 e. The highest BCUT2D eigenvalue weighted by molar-refractivity contribution is 5.55. The standard InChI is InChI=1S/C11H14N2O4/c1-7(2)16-9-5-12-6-10(11(9)13(14)15)17-8-3-4-8/h5-8H,3-4H2,1-2H3. The number of nitro groups is 1. The van der Waals surface area contributed by atoms with E-state index in [1.807, 2.05) is 0 Å². The van der Waals surface area contributed by atoms with E-state index in [1.165, 1.54) is 12.4 Å². The van der Waals surface area contributed by atoms with Crippen LogP contribution < -0.4 is 9.47 Å². The lowest BCUT2D eigenvalue weighted by atomic mass is 10.3. The lowest BCUT2D eigenvalue weighted by molar-refractivity contribution is -0.387. The third-order valence-electron chi connectivity index (χ3n) is 2.21. The largest absolute Gasteiger partial charge is 0.483 e. The fraction of sp³-hybridized carbons (Fsp3) is 0.545. The number of ether oxygens (including phenoxy) is 2. The summed E-state index contributed by atoms with van der Waals surface area (Å²) in [5.41, 5.74) is -0.138. The van der Waals surface area contributed by atoms with Crippen LogP contribution in [0.2, 0.25) is 0 Å². The van der Waals surface area contributed by atoms with Crippen LogP contribution in [-0.2, 0) is 0 Å². The molecule has 0 aliphatic heterocycles. The van der Waals surface area contributed by atoms with E-state index in [-0.39, 0.29) is 29.4 Å².